The maximum atomic E-state index is 11.5. The minimum absolute atomic E-state index is 0.0293. The lowest BCUT2D eigenvalue weighted by Crippen LogP contribution is -2.39. The van der Waals surface area contributed by atoms with Gasteiger partial charge >= 0.3 is 0 Å². The Morgan fingerprint density at radius 1 is 1.19 bits per heavy atom. The Kier molecular flexibility index (Phi) is 5.41. The van der Waals surface area contributed by atoms with Gasteiger partial charge in [-0.1, -0.05) is 49.6 Å². The van der Waals surface area contributed by atoms with E-state index in [2.05, 4.69) is 0 Å². The van der Waals surface area contributed by atoms with Crippen LogP contribution in [0.1, 0.15) is 50.7 Å². The van der Waals surface area contributed by atoms with E-state index in [9.17, 15) is 8.42 Å². The SMILES string of the molecule is CC(OCC1(CS(N)(=O)=O)CCCCC1)c1ccccc1. The second kappa shape index (κ2) is 6.90. The summed E-state index contributed by atoms with van der Waals surface area (Å²) in [7, 11) is -3.47. The molecule has 0 spiro atoms. The predicted octanol–water partition coefficient (Wildman–Crippen LogP) is 3.00. The molecule has 0 amide bonds. The Hall–Kier alpha value is -0.910. The van der Waals surface area contributed by atoms with E-state index in [1.54, 1.807) is 0 Å². The summed E-state index contributed by atoms with van der Waals surface area (Å²) in [5, 5.41) is 5.29. The first-order valence-electron chi connectivity index (χ1n) is 7.57. The van der Waals surface area contributed by atoms with Crippen molar-refractivity contribution in [3.63, 3.8) is 0 Å². The van der Waals surface area contributed by atoms with Gasteiger partial charge in [-0.2, -0.15) is 0 Å². The van der Waals surface area contributed by atoms with Crippen molar-refractivity contribution in [1.29, 1.82) is 0 Å². The Labute approximate surface area is 127 Å². The molecular weight excluding hydrogens is 286 g/mol. The van der Waals surface area contributed by atoms with E-state index < -0.39 is 10.0 Å². The van der Waals surface area contributed by atoms with Gasteiger partial charge in [0.1, 0.15) is 0 Å². The lowest BCUT2D eigenvalue weighted by atomic mass is 9.76. The van der Waals surface area contributed by atoms with Crippen LogP contribution < -0.4 is 5.14 Å². The van der Waals surface area contributed by atoms with E-state index in [4.69, 9.17) is 9.88 Å². The molecule has 2 N–H and O–H groups in total. The highest BCUT2D eigenvalue weighted by atomic mass is 32.2. The van der Waals surface area contributed by atoms with Crippen molar-refractivity contribution < 1.29 is 13.2 Å². The molecule has 2 rings (SSSR count). The molecule has 0 heterocycles. The fraction of sp³-hybridized carbons (Fsp3) is 0.625. The number of benzene rings is 1. The molecular formula is C16H25NO3S. The maximum absolute atomic E-state index is 11.5. The van der Waals surface area contributed by atoms with Gasteiger partial charge in [0.25, 0.3) is 0 Å². The quantitative estimate of drug-likeness (QED) is 0.878. The molecule has 1 unspecified atom stereocenters. The van der Waals surface area contributed by atoms with Crippen LogP contribution in [0, 0.1) is 5.41 Å². The molecule has 118 valence electrons. The zero-order valence-corrected chi connectivity index (χ0v) is 13.4. The van der Waals surface area contributed by atoms with Crippen LogP contribution in [0.2, 0.25) is 0 Å². The molecule has 1 fully saturated rings. The minimum Gasteiger partial charge on any atom is -0.373 e. The van der Waals surface area contributed by atoms with Crippen molar-refractivity contribution in [2.75, 3.05) is 12.4 Å². The molecule has 21 heavy (non-hydrogen) atoms. The van der Waals surface area contributed by atoms with Gasteiger partial charge in [0.15, 0.2) is 0 Å². The number of nitrogens with two attached hydrogens (primary N) is 1. The van der Waals surface area contributed by atoms with E-state index in [1.807, 2.05) is 37.3 Å². The zero-order valence-electron chi connectivity index (χ0n) is 12.6. The van der Waals surface area contributed by atoms with Crippen molar-refractivity contribution in [3.8, 4) is 0 Å². The first-order valence-corrected chi connectivity index (χ1v) is 9.29. The summed E-state index contributed by atoms with van der Waals surface area (Å²) in [6.07, 6.45) is 5.00. The standard InChI is InChI=1S/C16H25NO3S/c1-14(15-8-4-2-5-9-15)20-12-16(13-21(17,18)19)10-6-3-7-11-16/h2,4-5,8-9,14H,3,6-7,10-13H2,1H3,(H2,17,18,19). The Morgan fingerprint density at radius 3 is 2.38 bits per heavy atom. The number of rotatable bonds is 6. The number of ether oxygens (including phenoxy) is 1. The van der Waals surface area contributed by atoms with Crippen molar-refractivity contribution in [2.24, 2.45) is 10.6 Å². The van der Waals surface area contributed by atoms with Gasteiger partial charge in [0.2, 0.25) is 10.0 Å². The smallest absolute Gasteiger partial charge is 0.209 e. The van der Waals surface area contributed by atoms with E-state index in [-0.39, 0.29) is 17.3 Å². The van der Waals surface area contributed by atoms with Gasteiger partial charge in [0.05, 0.1) is 18.5 Å². The van der Waals surface area contributed by atoms with Gasteiger partial charge in [-0.05, 0) is 25.3 Å². The first kappa shape index (κ1) is 16.5. The molecule has 1 saturated carbocycles. The summed E-state index contributed by atoms with van der Waals surface area (Å²) >= 11 is 0. The largest absolute Gasteiger partial charge is 0.373 e. The fourth-order valence-electron chi connectivity index (χ4n) is 3.18. The third kappa shape index (κ3) is 5.09. The summed E-state index contributed by atoms with van der Waals surface area (Å²) < 4.78 is 29.1. The molecule has 4 nitrogen and oxygen atoms in total. The highest BCUT2D eigenvalue weighted by Gasteiger charge is 2.36. The second-order valence-electron chi connectivity index (χ2n) is 6.23. The van der Waals surface area contributed by atoms with Crippen molar-refractivity contribution in [2.45, 2.75) is 45.1 Å². The topological polar surface area (TPSA) is 69.4 Å². The highest BCUT2D eigenvalue weighted by molar-refractivity contribution is 7.89. The first-order chi connectivity index (χ1) is 9.90. The van der Waals surface area contributed by atoms with Crippen LogP contribution in [0.15, 0.2) is 30.3 Å². The van der Waals surface area contributed by atoms with Gasteiger partial charge < -0.3 is 4.74 Å². The Bertz CT molecular complexity index is 536. The summed E-state index contributed by atoms with van der Waals surface area (Å²) in [6, 6.07) is 9.99. The summed E-state index contributed by atoms with van der Waals surface area (Å²) in [6.45, 7) is 2.46. The zero-order chi connectivity index (χ0) is 15.3. The highest BCUT2D eigenvalue weighted by Crippen LogP contribution is 2.38. The second-order valence-corrected chi connectivity index (χ2v) is 7.85. The van der Waals surface area contributed by atoms with Crippen LogP contribution in [-0.2, 0) is 14.8 Å². The average molecular weight is 311 g/mol. The molecule has 0 bridgehead atoms. The molecule has 1 aliphatic carbocycles. The van der Waals surface area contributed by atoms with Crippen LogP contribution in [0.4, 0.5) is 0 Å². The summed E-state index contributed by atoms with van der Waals surface area (Å²) in [4.78, 5) is 0. The van der Waals surface area contributed by atoms with E-state index in [1.165, 1.54) is 6.42 Å². The van der Waals surface area contributed by atoms with Crippen LogP contribution in [0.25, 0.3) is 0 Å². The van der Waals surface area contributed by atoms with Gasteiger partial charge in [-0.3, -0.25) is 0 Å². The number of primary sulfonamides is 1. The molecule has 5 heteroatoms. The Balaban J connectivity index is 2.02. The monoisotopic (exact) mass is 311 g/mol. The van der Waals surface area contributed by atoms with Crippen LogP contribution in [0.5, 0.6) is 0 Å². The number of sulfonamides is 1. The van der Waals surface area contributed by atoms with E-state index in [0.717, 1.165) is 31.2 Å². The lowest BCUT2D eigenvalue weighted by Gasteiger charge is -2.37. The van der Waals surface area contributed by atoms with Crippen molar-refractivity contribution in [3.05, 3.63) is 35.9 Å². The number of hydrogen-bond donors (Lipinski definition) is 1. The van der Waals surface area contributed by atoms with Crippen LogP contribution in [0.3, 0.4) is 0 Å². The van der Waals surface area contributed by atoms with Crippen molar-refractivity contribution >= 4 is 10.0 Å². The molecule has 0 radical (unpaired) electrons. The maximum Gasteiger partial charge on any atom is 0.209 e. The van der Waals surface area contributed by atoms with Crippen LogP contribution in [-0.4, -0.2) is 20.8 Å². The van der Waals surface area contributed by atoms with Crippen molar-refractivity contribution in [1.82, 2.24) is 0 Å². The molecule has 1 aliphatic rings. The van der Waals surface area contributed by atoms with E-state index in [0.29, 0.717) is 6.61 Å². The lowest BCUT2D eigenvalue weighted by molar-refractivity contribution is -0.00921. The third-order valence-corrected chi connectivity index (χ3v) is 5.34. The van der Waals surface area contributed by atoms with Crippen LogP contribution >= 0.6 is 0 Å². The number of hydrogen-bond acceptors (Lipinski definition) is 3. The normalized spacial score (nSPS) is 20.1. The molecule has 0 aliphatic heterocycles. The Morgan fingerprint density at radius 2 is 1.81 bits per heavy atom. The minimum atomic E-state index is -3.47. The molecule has 1 aromatic rings. The van der Waals surface area contributed by atoms with Gasteiger partial charge in [-0.15, -0.1) is 0 Å². The van der Waals surface area contributed by atoms with E-state index >= 15 is 0 Å². The summed E-state index contributed by atoms with van der Waals surface area (Å²) in [5.74, 6) is 0.0293. The third-order valence-electron chi connectivity index (χ3n) is 4.33. The molecule has 0 saturated heterocycles. The van der Waals surface area contributed by atoms with Gasteiger partial charge in [0, 0.05) is 5.41 Å². The predicted molar refractivity (Wildman–Crippen MR) is 84.3 cm³/mol. The molecule has 1 aromatic carbocycles. The fourth-order valence-corrected chi connectivity index (χ4v) is 4.41. The molecule has 1 atom stereocenters. The average Bonchev–Trinajstić information content (AvgIpc) is 2.45. The molecule has 0 aromatic heterocycles. The van der Waals surface area contributed by atoms with Gasteiger partial charge in [-0.25, -0.2) is 13.6 Å². The summed E-state index contributed by atoms with van der Waals surface area (Å²) in [5.41, 5.74) is 0.800.